The van der Waals surface area contributed by atoms with Gasteiger partial charge in [0.2, 0.25) is 11.6 Å². The first kappa shape index (κ1) is 33.3. The molecule has 0 amide bonds. The zero-order chi connectivity index (χ0) is 32.9. The van der Waals surface area contributed by atoms with Crippen molar-refractivity contribution in [2.45, 2.75) is 153 Å². The van der Waals surface area contributed by atoms with Gasteiger partial charge in [0.25, 0.3) is 0 Å². The van der Waals surface area contributed by atoms with E-state index in [-0.39, 0.29) is 48.4 Å². The summed E-state index contributed by atoms with van der Waals surface area (Å²) >= 11 is 0. The van der Waals surface area contributed by atoms with Gasteiger partial charge in [0, 0.05) is 24.7 Å². The van der Waals surface area contributed by atoms with E-state index in [9.17, 15) is 9.90 Å². The van der Waals surface area contributed by atoms with Crippen LogP contribution in [0.25, 0.3) is 0 Å². The smallest absolute Gasteiger partial charge is 0.329 e. The third-order valence-electron chi connectivity index (χ3n) is 14.3. The van der Waals surface area contributed by atoms with E-state index in [4.69, 9.17) is 43.2 Å². The number of carbonyl (C=O) groups is 1. The van der Waals surface area contributed by atoms with Crippen LogP contribution in [0.5, 0.6) is 0 Å². The topological polar surface area (TPSA) is 120 Å². The Morgan fingerprint density at radius 1 is 0.702 bits per heavy atom. The molecule has 8 heterocycles. The molecule has 2 saturated carbocycles. The summed E-state index contributed by atoms with van der Waals surface area (Å²) in [5, 5.41) is 9.41. The summed E-state index contributed by atoms with van der Waals surface area (Å²) in [5.74, 6) is -0.166. The Morgan fingerprint density at radius 3 is 1.62 bits per heavy atom. The average Bonchev–Trinajstić information content (AvgIpc) is 3.39. The molecule has 0 radical (unpaired) electrons. The fourth-order valence-electron chi connectivity index (χ4n) is 11.7. The van der Waals surface area contributed by atoms with Crippen molar-refractivity contribution in [1.82, 2.24) is 0 Å². The van der Waals surface area contributed by atoms with Crippen molar-refractivity contribution in [3.05, 3.63) is 0 Å². The molecule has 266 valence electrons. The number of hydrogen-bond acceptors (Lipinski definition) is 10. The lowest BCUT2D eigenvalue weighted by Crippen LogP contribution is -2.70. The number of ether oxygens (including phenoxy) is 5. The van der Waals surface area contributed by atoms with Gasteiger partial charge in [-0.25, -0.2) is 24.3 Å². The zero-order valence-corrected chi connectivity index (χ0v) is 29.0. The maximum atomic E-state index is 11.5. The van der Waals surface area contributed by atoms with Crippen molar-refractivity contribution in [2.24, 2.45) is 53.3 Å². The second-order valence-electron chi connectivity index (χ2n) is 17.1. The molecule has 8 aliphatic heterocycles. The molecule has 0 aromatic rings. The van der Waals surface area contributed by atoms with E-state index in [2.05, 4.69) is 27.7 Å². The van der Waals surface area contributed by atoms with Crippen molar-refractivity contribution in [2.75, 3.05) is 13.2 Å². The van der Waals surface area contributed by atoms with Crippen LogP contribution in [0, 0.1) is 53.3 Å². The summed E-state index contributed by atoms with van der Waals surface area (Å²) in [5.41, 5.74) is -1.23. The molecule has 16 atom stereocenters. The number of aliphatic carboxylic acids is 1. The molecule has 0 aromatic heterocycles. The first-order valence-corrected chi connectivity index (χ1v) is 18.6. The number of carboxylic acid groups (broad SMARTS) is 1. The second-order valence-corrected chi connectivity index (χ2v) is 17.1. The predicted molar refractivity (Wildman–Crippen MR) is 165 cm³/mol. The molecule has 47 heavy (non-hydrogen) atoms. The Labute approximate surface area is 278 Å². The Morgan fingerprint density at radius 2 is 1.17 bits per heavy atom. The van der Waals surface area contributed by atoms with Crippen LogP contribution in [0.1, 0.15) is 106 Å². The van der Waals surface area contributed by atoms with Gasteiger partial charge in [-0.1, -0.05) is 27.7 Å². The highest BCUT2D eigenvalue weighted by molar-refractivity contribution is 5.67. The van der Waals surface area contributed by atoms with Crippen molar-refractivity contribution in [1.29, 1.82) is 0 Å². The largest absolute Gasteiger partial charge is 0.480 e. The summed E-state index contributed by atoms with van der Waals surface area (Å²) in [7, 11) is 0. The fourth-order valence-corrected chi connectivity index (χ4v) is 11.7. The van der Waals surface area contributed by atoms with Crippen molar-refractivity contribution in [3.63, 3.8) is 0 Å². The van der Waals surface area contributed by atoms with Crippen molar-refractivity contribution in [3.8, 4) is 0 Å². The molecular formula is C36H56O11. The van der Waals surface area contributed by atoms with E-state index in [0.717, 1.165) is 51.4 Å². The molecule has 10 aliphatic rings. The summed E-state index contributed by atoms with van der Waals surface area (Å²) in [6, 6.07) is 0. The molecule has 10 rings (SSSR count). The number of rotatable bonds is 8. The van der Waals surface area contributed by atoms with Gasteiger partial charge >= 0.3 is 5.97 Å². The van der Waals surface area contributed by atoms with Gasteiger partial charge in [0.15, 0.2) is 23.8 Å². The minimum atomic E-state index is -0.969. The molecule has 4 bridgehead atoms. The highest BCUT2D eigenvalue weighted by Crippen LogP contribution is 2.63. The van der Waals surface area contributed by atoms with Crippen LogP contribution in [0.15, 0.2) is 0 Å². The van der Waals surface area contributed by atoms with Crippen LogP contribution in [0.3, 0.4) is 0 Å². The third kappa shape index (κ3) is 5.19. The number of hydrogen-bond donors (Lipinski definition) is 1. The van der Waals surface area contributed by atoms with Crippen LogP contribution in [-0.4, -0.2) is 71.9 Å². The molecule has 8 saturated heterocycles. The summed E-state index contributed by atoms with van der Waals surface area (Å²) in [4.78, 5) is 36.3. The highest BCUT2D eigenvalue weighted by atomic mass is 17.3. The number of carboxylic acids is 1. The van der Waals surface area contributed by atoms with E-state index in [0.29, 0.717) is 43.1 Å². The SMILES string of the molecule is C[C@H]1[C@H](CC(COCC(=O)O)C[C@@H]2O[C@@H]3O[C@]4(C)CC[C@H]5[C@H](C)CC[C@@H]([C@H]2C)[C@@]35OO4)O[C@@H]2O[C@]3(C)CC[C@H]4[C@H](C)CC[C@@H]1[C@@]24OO3. The van der Waals surface area contributed by atoms with E-state index < -0.39 is 41.3 Å². The maximum Gasteiger partial charge on any atom is 0.329 e. The van der Waals surface area contributed by atoms with Gasteiger partial charge in [-0.3, -0.25) is 0 Å². The van der Waals surface area contributed by atoms with Crippen LogP contribution in [0.2, 0.25) is 0 Å². The Hall–Kier alpha value is -0.890. The average molecular weight is 665 g/mol. The molecule has 0 unspecified atom stereocenters. The van der Waals surface area contributed by atoms with Crippen LogP contribution in [-0.2, 0) is 48.0 Å². The van der Waals surface area contributed by atoms with Gasteiger partial charge in [-0.05, 0) is 107 Å². The molecule has 2 spiro atoms. The molecule has 2 aliphatic carbocycles. The quantitative estimate of drug-likeness (QED) is 0.308. The van der Waals surface area contributed by atoms with Crippen LogP contribution in [0.4, 0.5) is 0 Å². The minimum Gasteiger partial charge on any atom is -0.480 e. The maximum absolute atomic E-state index is 11.5. The Kier molecular flexibility index (Phi) is 8.38. The van der Waals surface area contributed by atoms with Gasteiger partial charge in [-0.15, -0.1) is 0 Å². The van der Waals surface area contributed by atoms with Gasteiger partial charge in [0.05, 0.1) is 18.8 Å². The molecule has 1 N–H and O–H groups in total. The summed E-state index contributed by atoms with van der Waals surface area (Å²) in [6.45, 7) is 13.1. The van der Waals surface area contributed by atoms with Crippen molar-refractivity contribution >= 4 is 5.97 Å². The standard InChI is InChI=1S/C36H56O11/c1-19-7-9-26-21(3)28(40-31-35(26)24(19)11-13-33(5,42-31)44-46-35)15-23(17-39-18-30(37)38)16-29-22(4)27-10-8-20(2)25-12-14-34(6)43-32(41-29)36(25,27)47-45-34/h19-29,31-32H,7-18H2,1-6H3,(H,37,38)/t19-,20-,21-,22-,24+,25+,26+,27+,28+,29+,31-,32-,33+,34+,35-,36-/m1/s1. The lowest BCUT2D eigenvalue weighted by atomic mass is 9.56. The summed E-state index contributed by atoms with van der Waals surface area (Å²) in [6.07, 6.45) is 8.06. The molecule has 11 nitrogen and oxygen atoms in total. The van der Waals surface area contributed by atoms with Gasteiger partial charge in [0.1, 0.15) is 6.61 Å². The first-order chi connectivity index (χ1) is 22.4. The fraction of sp³-hybridized carbons (Fsp3) is 0.972. The zero-order valence-electron chi connectivity index (χ0n) is 29.0. The molecular weight excluding hydrogens is 608 g/mol. The lowest BCUT2D eigenvalue weighted by molar-refractivity contribution is -0.571. The van der Waals surface area contributed by atoms with E-state index in [1.165, 1.54) is 0 Å². The monoisotopic (exact) mass is 664 g/mol. The minimum absolute atomic E-state index is 0.000383. The predicted octanol–water partition coefficient (Wildman–Crippen LogP) is 5.99. The van der Waals surface area contributed by atoms with Crippen LogP contribution >= 0.6 is 0 Å². The highest BCUT2D eigenvalue weighted by Gasteiger charge is 2.71. The van der Waals surface area contributed by atoms with Gasteiger partial charge in [-0.2, -0.15) is 0 Å². The molecule has 10 fully saturated rings. The third-order valence-corrected chi connectivity index (χ3v) is 14.3. The van der Waals surface area contributed by atoms with E-state index >= 15 is 0 Å². The lowest BCUT2D eigenvalue weighted by Gasteiger charge is -2.61. The van der Waals surface area contributed by atoms with Crippen molar-refractivity contribution < 1.29 is 53.1 Å². The van der Waals surface area contributed by atoms with Crippen LogP contribution < -0.4 is 0 Å². The van der Waals surface area contributed by atoms with Gasteiger partial charge < -0.3 is 28.8 Å². The van der Waals surface area contributed by atoms with E-state index in [1.807, 2.05) is 13.8 Å². The first-order valence-electron chi connectivity index (χ1n) is 18.6. The number of fused-ring (bicyclic) bond motifs is 4. The molecule has 11 heteroatoms. The molecule has 0 aromatic carbocycles. The van der Waals surface area contributed by atoms with E-state index in [1.54, 1.807) is 0 Å². The Bertz CT molecular complexity index is 1120. The summed E-state index contributed by atoms with van der Waals surface area (Å²) < 4.78 is 33.0. The Balaban J connectivity index is 1.05. The second kappa shape index (κ2) is 11.8. The normalized spacial score (nSPS) is 55.4.